The predicted molar refractivity (Wildman–Crippen MR) is 148 cm³/mol. The maximum Gasteiger partial charge on any atom is 0.420 e. The van der Waals surface area contributed by atoms with Crippen LogP contribution in [0.2, 0.25) is 15.1 Å². The molecule has 0 fully saturated rings. The number of sulfone groups is 1. The fourth-order valence-electron chi connectivity index (χ4n) is 3.52. The number of nitrogens with one attached hydrogen (secondary N) is 2. The Bertz CT molecular complexity index is 1710. The first kappa shape index (κ1) is 30.2. The molecular formula is C27H16Cl3F3N2O5S. The quantitative estimate of drug-likeness (QED) is 0.220. The van der Waals surface area contributed by atoms with Crippen LogP contribution in [0.3, 0.4) is 0 Å². The summed E-state index contributed by atoms with van der Waals surface area (Å²) in [6.45, 7) is 0. The van der Waals surface area contributed by atoms with E-state index in [4.69, 9.17) is 39.5 Å². The highest BCUT2D eigenvalue weighted by molar-refractivity contribution is 7.91. The number of amides is 3. The summed E-state index contributed by atoms with van der Waals surface area (Å²) in [4.78, 5) is 24.5. The fraction of sp³-hybridized carbons (Fsp3) is 0.0370. The predicted octanol–water partition coefficient (Wildman–Crippen LogP) is 8.25. The number of imide groups is 1. The molecule has 0 heterocycles. The Morgan fingerprint density at radius 3 is 1.90 bits per heavy atom. The van der Waals surface area contributed by atoms with Gasteiger partial charge in [-0.05, 0) is 78.9 Å². The number of rotatable bonds is 6. The first-order valence-electron chi connectivity index (χ1n) is 11.3. The van der Waals surface area contributed by atoms with Crippen molar-refractivity contribution >= 4 is 62.3 Å². The van der Waals surface area contributed by atoms with Crippen LogP contribution in [-0.2, 0) is 16.0 Å². The van der Waals surface area contributed by atoms with E-state index in [1.807, 2.05) is 5.32 Å². The lowest BCUT2D eigenvalue weighted by atomic mass is 10.1. The molecule has 0 aliphatic heterocycles. The van der Waals surface area contributed by atoms with Gasteiger partial charge in [0, 0.05) is 10.7 Å². The summed E-state index contributed by atoms with van der Waals surface area (Å²) in [7, 11) is -3.90. The highest BCUT2D eigenvalue weighted by Crippen LogP contribution is 2.40. The van der Waals surface area contributed by atoms with E-state index >= 15 is 0 Å². The largest absolute Gasteiger partial charge is 0.457 e. The van der Waals surface area contributed by atoms with Crippen molar-refractivity contribution in [1.29, 1.82) is 0 Å². The van der Waals surface area contributed by atoms with Gasteiger partial charge in [-0.2, -0.15) is 13.2 Å². The normalized spacial score (nSPS) is 11.6. The molecular weight excluding hydrogens is 628 g/mol. The van der Waals surface area contributed by atoms with Gasteiger partial charge in [0.25, 0.3) is 5.91 Å². The Labute approximate surface area is 246 Å². The van der Waals surface area contributed by atoms with Gasteiger partial charge < -0.3 is 10.1 Å². The zero-order valence-electron chi connectivity index (χ0n) is 20.3. The summed E-state index contributed by atoms with van der Waals surface area (Å²) in [5.41, 5.74) is -1.73. The van der Waals surface area contributed by atoms with Gasteiger partial charge in [-0.1, -0.05) is 40.9 Å². The van der Waals surface area contributed by atoms with Crippen LogP contribution in [-0.4, -0.2) is 20.4 Å². The topological polar surface area (TPSA) is 102 Å². The average molecular weight is 644 g/mol. The molecule has 2 N–H and O–H groups in total. The molecule has 0 bridgehead atoms. The molecule has 0 aliphatic rings. The van der Waals surface area contributed by atoms with E-state index in [1.165, 1.54) is 66.7 Å². The van der Waals surface area contributed by atoms with E-state index in [-0.39, 0.29) is 36.8 Å². The number of hydrogen-bond acceptors (Lipinski definition) is 5. The smallest absolute Gasteiger partial charge is 0.420 e. The molecule has 0 spiro atoms. The standard InChI is InChI=1S/C27H16Cl3F3N2O5S/c28-15-4-9-18(10-5-15)41(38,39)19-11-7-17(8-12-19)40-23-13-6-16(14-20(23)27(31,32)33)34-26(37)35-25(36)24-21(29)2-1-3-22(24)30/h1-14H,(H2,34,35,36,37). The van der Waals surface area contributed by atoms with Crippen molar-refractivity contribution in [2.24, 2.45) is 0 Å². The minimum Gasteiger partial charge on any atom is -0.457 e. The van der Waals surface area contributed by atoms with E-state index in [0.717, 1.165) is 12.1 Å². The van der Waals surface area contributed by atoms with E-state index in [2.05, 4.69) is 5.32 Å². The van der Waals surface area contributed by atoms with Gasteiger partial charge in [-0.25, -0.2) is 13.2 Å². The van der Waals surface area contributed by atoms with Crippen LogP contribution in [0.25, 0.3) is 0 Å². The van der Waals surface area contributed by atoms with Crippen LogP contribution in [0.4, 0.5) is 23.7 Å². The second-order valence-electron chi connectivity index (χ2n) is 8.24. The van der Waals surface area contributed by atoms with Crippen LogP contribution in [0.1, 0.15) is 15.9 Å². The molecule has 4 aromatic rings. The van der Waals surface area contributed by atoms with E-state index in [0.29, 0.717) is 11.1 Å². The van der Waals surface area contributed by atoms with E-state index in [9.17, 15) is 31.2 Å². The Balaban J connectivity index is 1.51. The zero-order chi connectivity index (χ0) is 29.9. The molecule has 7 nitrogen and oxygen atoms in total. The molecule has 3 amide bonds. The highest BCUT2D eigenvalue weighted by Gasteiger charge is 2.35. The Kier molecular flexibility index (Phi) is 8.83. The lowest BCUT2D eigenvalue weighted by molar-refractivity contribution is -0.138. The minimum absolute atomic E-state index is 0.0151. The van der Waals surface area contributed by atoms with Crippen LogP contribution in [0.15, 0.2) is 94.7 Å². The molecule has 0 aromatic heterocycles. The summed E-state index contributed by atoms with van der Waals surface area (Å²) in [6, 6.07) is 16.1. The van der Waals surface area contributed by atoms with Gasteiger partial charge >= 0.3 is 12.2 Å². The number of benzene rings is 4. The Morgan fingerprint density at radius 2 is 1.34 bits per heavy atom. The third-order valence-corrected chi connectivity index (χ3v) is 8.11. The number of anilines is 1. The van der Waals surface area contributed by atoms with Crippen LogP contribution < -0.4 is 15.4 Å². The fourth-order valence-corrected chi connectivity index (χ4v) is 5.48. The number of ether oxygens (including phenoxy) is 1. The van der Waals surface area contributed by atoms with E-state index < -0.39 is 39.3 Å². The summed E-state index contributed by atoms with van der Waals surface area (Å²) in [5.74, 6) is -1.66. The molecule has 212 valence electrons. The van der Waals surface area contributed by atoms with Crippen molar-refractivity contribution in [3.05, 3.63) is 111 Å². The molecule has 0 saturated carbocycles. The maximum atomic E-state index is 13.8. The lowest BCUT2D eigenvalue weighted by Crippen LogP contribution is -2.34. The van der Waals surface area contributed by atoms with Crippen molar-refractivity contribution in [3.8, 4) is 11.5 Å². The highest BCUT2D eigenvalue weighted by atomic mass is 35.5. The minimum atomic E-state index is -4.90. The van der Waals surface area contributed by atoms with Gasteiger partial charge in [0.2, 0.25) is 9.84 Å². The third-order valence-electron chi connectivity index (χ3n) is 5.45. The molecule has 4 rings (SSSR count). The molecule has 41 heavy (non-hydrogen) atoms. The van der Waals surface area contributed by atoms with Crippen molar-refractivity contribution in [2.45, 2.75) is 16.0 Å². The summed E-state index contributed by atoms with van der Waals surface area (Å²) in [6.07, 6.45) is -4.90. The van der Waals surface area contributed by atoms with Gasteiger partial charge in [0.15, 0.2) is 0 Å². The number of urea groups is 1. The molecule has 14 heteroatoms. The number of hydrogen-bond donors (Lipinski definition) is 2. The average Bonchev–Trinajstić information content (AvgIpc) is 2.89. The summed E-state index contributed by atoms with van der Waals surface area (Å²) >= 11 is 17.7. The van der Waals surface area contributed by atoms with Gasteiger partial charge in [0.05, 0.1) is 25.4 Å². The van der Waals surface area contributed by atoms with Gasteiger partial charge in [-0.3, -0.25) is 10.1 Å². The van der Waals surface area contributed by atoms with Crippen LogP contribution in [0.5, 0.6) is 11.5 Å². The first-order chi connectivity index (χ1) is 19.3. The van der Waals surface area contributed by atoms with Gasteiger partial charge in [0.1, 0.15) is 17.1 Å². The summed E-state index contributed by atoms with van der Waals surface area (Å²) in [5, 5.41) is 4.38. The van der Waals surface area contributed by atoms with Crippen molar-refractivity contribution in [1.82, 2.24) is 5.32 Å². The number of carbonyl (C=O) groups is 2. The van der Waals surface area contributed by atoms with Crippen LogP contribution >= 0.6 is 34.8 Å². The molecule has 0 aliphatic carbocycles. The number of alkyl halides is 3. The number of halogens is 6. The maximum absolute atomic E-state index is 13.8. The van der Waals surface area contributed by atoms with E-state index in [1.54, 1.807) is 0 Å². The monoisotopic (exact) mass is 642 g/mol. The van der Waals surface area contributed by atoms with Crippen molar-refractivity contribution < 1.29 is 35.9 Å². The molecule has 0 atom stereocenters. The Morgan fingerprint density at radius 1 is 0.780 bits per heavy atom. The van der Waals surface area contributed by atoms with Crippen molar-refractivity contribution in [2.75, 3.05) is 5.32 Å². The second kappa shape index (κ2) is 12.0. The zero-order valence-corrected chi connectivity index (χ0v) is 23.4. The Hall–Kier alpha value is -3.77. The molecule has 4 aromatic carbocycles. The lowest BCUT2D eigenvalue weighted by Gasteiger charge is -2.16. The second-order valence-corrected chi connectivity index (χ2v) is 11.4. The van der Waals surface area contributed by atoms with Crippen LogP contribution in [0, 0.1) is 0 Å². The molecule has 0 saturated heterocycles. The summed E-state index contributed by atoms with van der Waals surface area (Å²) < 4.78 is 72.5. The molecule has 0 unspecified atom stereocenters. The molecule has 0 radical (unpaired) electrons. The van der Waals surface area contributed by atoms with Crippen molar-refractivity contribution in [3.63, 3.8) is 0 Å². The third kappa shape index (κ3) is 7.12. The first-order valence-corrected chi connectivity index (χ1v) is 13.9. The SMILES string of the molecule is O=C(NC(=O)c1c(Cl)cccc1Cl)Nc1ccc(Oc2ccc(S(=O)(=O)c3ccc(Cl)cc3)cc2)c(C(F)(F)F)c1. The van der Waals surface area contributed by atoms with Gasteiger partial charge in [-0.15, -0.1) is 0 Å². The number of carbonyl (C=O) groups excluding carboxylic acids is 2.